The number of nitrogens with one attached hydrogen (secondary N) is 2. The minimum absolute atomic E-state index is 0.135. The van der Waals surface area contributed by atoms with Crippen molar-refractivity contribution in [2.75, 3.05) is 19.6 Å². The molecule has 90 valence electrons. The summed E-state index contributed by atoms with van der Waals surface area (Å²) in [5, 5.41) is 6.03. The summed E-state index contributed by atoms with van der Waals surface area (Å²) in [7, 11) is 0. The van der Waals surface area contributed by atoms with Crippen molar-refractivity contribution >= 4 is 5.91 Å². The number of rotatable bonds is 6. The minimum atomic E-state index is -0.135. The van der Waals surface area contributed by atoms with Gasteiger partial charge in [0, 0.05) is 18.7 Å². The highest BCUT2D eigenvalue weighted by Crippen LogP contribution is 2.12. The number of carbonyl (C=O) groups is 1. The second-order valence-corrected chi connectivity index (χ2v) is 3.88. The molecule has 0 saturated carbocycles. The van der Waals surface area contributed by atoms with E-state index in [4.69, 9.17) is 4.42 Å². The Kier molecular flexibility index (Phi) is 5.05. The largest absolute Gasteiger partial charge is 0.456 e. The van der Waals surface area contributed by atoms with Gasteiger partial charge in [-0.15, -0.1) is 0 Å². The fraction of sp³-hybridized carbons (Fsp3) is 0.583. The maximum absolute atomic E-state index is 11.7. The van der Waals surface area contributed by atoms with Crippen LogP contribution in [0, 0.1) is 13.8 Å². The van der Waals surface area contributed by atoms with Crippen LogP contribution in [0.15, 0.2) is 10.5 Å². The zero-order chi connectivity index (χ0) is 12.0. The van der Waals surface area contributed by atoms with Crippen LogP contribution in [-0.2, 0) is 0 Å². The molecule has 1 aromatic heterocycles. The fourth-order valence-corrected chi connectivity index (χ4v) is 1.51. The van der Waals surface area contributed by atoms with Gasteiger partial charge >= 0.3 is 0 Å². The Morgan fingerprint density at radius 3 is 2.62 bits per heavy atom. The van der Waals surface area contributed by atoms with E-state index in [2.05, 4.69) is 17.6 Å². The summed E-state index contributed by atoms with van der Waals surface area (Å²) in [6.07, 6.45) is 1.10. The van der Waals surface area contributed by atoms with E-state index in [-0.39, 0.29) is 5.91 Å². The normalized spacial score (nSPS) is 10.4. The lowest BCUT2D eigenvalue weighted by Crippen LogP contribution is -2.32. The average molecular weight is 224 g/mol. The van der Waals surface area contributed by atoms with Gasteiger partial charge in [-0.1, -0.05) is 6.92 Å². The summed E-state index contributed by atoms with van der Waals surface area (Å²) in [5.74, 6) is 1.06. The Hall–Kier alpha value is -1.29. The van der Waals surface area contributed by atoms with Crippen molar-refractivity contribution in [2.24, 2.45) is 0 Å². The molecule has 2 N–H and O–H groups in total. The molecule has 1 heterocycles. The zero-order valence-electron chi connectivity index (χ0n) is 10.2. The Bertz CT molecular complexity index is 345. The zero-order valence-corrected chi connectivity index (χ0v) is 10.2. The molecule has 0 aliphatic carbocycles. The monoisotopic (exact) mass is 224 g/mol. The Morgan fingerprint density at radius 1 is 1.31 bits per heavy atom. The van der Waals surface area contributed by atoms with E-state index >= 15 is 0 Å². The molecule has 4 nitrogen and oxygen atoms in total. The molecule has 1 rings (SSSR count). The quantitative estimate of drug-likeness (QED) is 0.722. The first-order valence-corrected chi connectivity index (χ1v) is 5.71. The minimum Gasteiger partial charge on any atom is -0.456 e. The van der Waals surface area contributed by atoms with Crippen LogP contribution in [0.5, 0.6) is 0 Å². The molecule has 0 saturated heterocycles. The molecular formula is C12H20N2O2. The van der Waals surface area contributed by atoms with Crippen molar-refractivity contribution in [3.05, 3.63) is 23.2 Å². The third-order valence-electron chi connectivity index (χ3n) is 2.26. The van der Waals surface area contributed by atoms with Crippen molar-refractivity contribution in [3.8, 4) is 0 Å². The molecule has 1 aromatic rings. The molecule has 0 aliphatic heterocycles. The molecule has 4 heteroatoms. The lowest BCUT2D eigenvalue weighted by atomic mass is 10.2. The topological polar surface area (TPSA) is 54.3 Å². The number of hydrogen-bond donors (Lipinski definition) is 2. The molecule has 0 aliphatic rings. The first-order chi connectivity index (χ1) is 7.65. The molecule has 1 amide bonds. The van der Waals surface area contributed by atoms with Crippen LogP contribution in [0.4, 0.5) is 0 Å². The van der Waals surface area contributed by atoms with Gasteiger partial charge in [0.2, 0.25) is 0 Å². The van der Waals surface area contributed by atoms with E-state index in [0.29, 0.717) is 12.3 Å². The van der Waals surface area contributed by atoms with Crippen LogP contribution in [-0.4, -0.2) is 25.5 Å². The van der Waals surface area contributed by atoms with Gasteiger partial charge in [0.1, 0.15) is 5.76 Å². The molecule has 0 atom stereocenters. The molecule has 0 spiro atoms. The third kappa shape index (κ3) is 3.70. The van der Waals surface area contributed by atoms with Gasteiger partial charge in [-0.2, -0.15) is 0 Å². The molecule has 0 aromatic carbocycles. The van der Waals surface area contributed by atoms with Crippen LogP contribution in [0.25, 0.3) is 0 Å². The molecule has 0 fully saturated rings. The van der Waals surface area contributed by atoms with Crippen molar-refractivity contribution in [3.63, 3.8) is 0 Å². The van der Waals surface area contributed by atoms with E-state index in [1.807, 2.05) is 19.9 Å². The highest BCUT2D eigenvalue weighted by molar-refractivity contribution is 5.92. The molecule has 0 radical (unpaired) electrons. The SMILES string of the molecule is CCCNCCNC(=O)c1oc(C)cc1C. The maximum Gasteiger partial charge on any atom is 0.287 e. The summed E-state index contributed by atoms with van der Waals surface area (Å²) in [6.45, 7) is 8.22. The summed E-state index contributed by atoms with van der Waals surface area (Å²) >= 11 is 0. The van der Waals surface area contributed by atoms with Crippen LogP contribution in [0.2, 0.25) is 0 Å². The molecular weight excluding hydrogens is 204 g/mol. The summed E-state index contributed by atoms with van der Waals surface area (Å²) < 4.78 is 5.32. The van der Waals surface area contributed by atoms with Gasteiger partial charge < -0.3 is 15.1 Å². The van der Waals surface area contributed by atoms with Crippen LogP contribution in [0.3, 0.4) is 0 Å². The summed E-state index contributed by atoms with van der Waals surface area (Å²) in [4.78, 5) is 11.7. The van der Waals surface area contributed by atoms with Gasteiger partial charge in [-0.05, 0) is 32.9 Å². The van der Waals surface area contributed by atoms with E-state index in [0.717, 1.165) is 30.8 Å². The predicted molar refractivity (Wildman–Crippen MR) is 63.7 cm³/mol. The number of aryl methyl sites for hydroxylation is 2. The van der Waals surface area contributed by atoms with E-state index in [1.165, 1.54) is 0 Å². The third-order valence-corrected chi connectivity index (χ3v) is 2.26. The van der Waals surface area contributed by atoms with Crippen molar-refractivity contribution in [1.82, 2.24) is 10.6 Å². The average Bonchev–Trinajstić information content (AvgIpc) is 2.57. The molecule has 0 unspecified atom stereocenters. The maximum atomic E-state index is 11.7. The molecule has 16 heavy (non-hydrogen) atoms. The number of amides is 1. The lowest BCUT2D eigenvalue weighted by molar-refractivity contribution is 0.0924. The van der Waals surface area contributed by atoms with E-state index in [9.17, 15) is 4.79 Å². The van der Waals surface area contributed by atoms with Gasteiger partial charge in [0.05, 0.1) is 0 Å². The van der Waals surface area contributed by atoms with Gasteiger partial charge in [0.25, 0.3) is 5.91 Å². The standard InChI is InChI=1S/C12H20N2O2/c1-4-5-13-6-7-14-12(15)11-9(2)8-10(3)16-11/h8,13H,4-7H2,1-3H3,(H,14,15). The van der Waals surface area contributed by atoms with Crippen LogP contribution < -0.4 is 10.6 Å². The lowest BCUT2D eigenvalue weighted by Gasteiger charge is -2.04. The summed E-state index contributed by atoms with van der Waals surface area (Å²) in [6, 6.07) is 1.87. The Morgan fingerprint density at radius 2 is 2.06 bits per heavy atom. The van der Waals surface area contributed by atoms with E-state index in [1.54, 1.807) is 0 Å². The second kappa shape index (κ2) is 6.33. The highest BCUT2D eigenvalue weighted by Gasteiger charge is 2.13. The van der Waals surface area contributed by atoms with Crippen molar-refractivity contribution in [2.45, 2.75) is 27.2 Å². The Balaban J connectivity index is 2.33. The van der Waals surface area contributed by atoms with E-state index < -0.39 is 0 Å². The highest BCUT2D eigenvalue weighted by atomic mass is 16.3. The molecule has 0 bridgehead atoms. The second-order valence-electron chi connectivity index (χ2n) is 3.88. The van der Waals surface area contributed by atoms with Gasteiger partial charge in [0.15, 0.2) is 5.76 Å². The summed E-state index contributed by atoms with van der Waals surface area (Å²) in [5.41, 5.74) is 0.886. The van der Waals surface area contributed by atoms with Crippen molar-refractivity contribution in [1.29, 1.82) is 0 Å². The van der Waals surface area contributed by atoms with Crippen LogP contribution in [0.1, 0.15) is 35.2 Å². The van der Waals surface area contributed by atoms with Gasteiger partial charge in [-0.3, -0.25) is 4.79 Å². The predicted octanol–water partition coefficient (Wildman–Crippen LogP) is 1.63. The van der Waals surface area contributed by atoms with Gasteiger partial charge in [-0.25, -0.2) is 0 Å². The van der Waals surface area contributed by atoms with Crippen molar-refractivity contribution < 1.29 is 9.21 Å². The van der Waals surface area contributed by atoms with Crippen LogP contribution >= 0.6 is 0 Å². The number of furan rings is 1. The first-order valence-electron chi connectivity index (χ1n) is 5.71. The first kappa shape index (κ1) is 12.8. The fourth-order valence-electron chi connectivity index (χ4n) is 1.51. The smallest absolute Gasteiger partial charge is 0.287 e. The number of carbonyl (C=O) groups excluding carboxylic acids is 1. The number of hydrogen-bond acceptors (Lipinski definition) is 3. The Labute approximate surface area is 96.4 Å².